The van der Waals surface area contributed by atoms with Gasteiger partial charge in [0.15, 0.2) is 0 Å². The van der Waals surface area contributed by atoms with Crippen molar-refractivity contribution in [3.8, 4) is 0 Å². The fourth-order valence-electron chi connectivity index (χ4n) is 2.59. The van der Waals surface area contributed by atoms with Crippen LogP contribution in [0, 0.1) is 17.0 Å². The van der Waals surface area contributed by atoms with E-state index in [-0.39, 0.29) is 23.3 Å². The molecule has 0 aliphatic heterocycles. The van der Waals surface area contributed by atoms with Gasteiger partial charge >= 0.3 is 0 Å². The second-order valence-electron chi connectivity index (χ2n) is 6.58. The molecule has 158 valence electrons. The first-order chi connectivity index (χ1) is 14.8. The Kier molecular flexibility index (Phi) is 7.28. The highest BCUT2D eigenvalue weighted by molar-refractivity contribution is 8.00. The summed E-state index contributed by atoms with van der Waals surface area (Å²) in [6, 6.07) is 17.8. The van der Waals surface area contributed by atoms with Gasteiger partial charge in [-0.25, -0.2) is 0 Å². The number of amides is 2. The molecule has 0 saturated heterocycles. The van der Waals surface area contributed by atoms with Crippen LogP contribution >= 0.6 is 23.4 Å². The van der Waals surface area contributed by atoms with Crippen molar-refractivity contribution in [2.45, 2.75) is 11.8 Å². The Hall–Kier alpha value is -3.36. The first-order valence-corrected chi connectivity index (χ1v) is 10.5. The number of nitro benzene ring substituents is 1. The van der Waals surface area contributed by atoms with Crippen molar-refractivity contribution in [1.82, 2.24) is 0 Å². The van der Waals surface area contributed by atoms with Gasteiger partial charge in [-0.15, -0.1) is 11.8 Å². The molecule has 9 heteroatoms. The summed E-state index contributed by atoms with van der Waals surface area (Å²) in [5.41, 5.74) is 2.40. The van der Waals surface area contributed by atoms with E-state index >= 15 is 0 Å². The molecule has 0 radical (unpaired) electrons. The normalized spacial score (nSPS) is 10.4. The number of rotatable bonds is 7. The van der Waals surface area contributed by atoms with Crippen molar-refractivity contribution >= 4 is 52.2 Å². The summed E-state index contributed by atoms with van der Waals surface area (Å²) in [4.78, 5) is 35.4. The third kappa shape index (κ3) is 6.31. The standard InChI is InChI=1S/C22H18ClN3O4S/c1-14-2-5-17(12-20(14)23)24-21(27)13-31-19-10-6-16(7-11-19)25-22(28)15-3-8-18(9-4-15)26(29)30/h2-12H,13H2,1H3,(H,24,27)(H,25,28). The molecule has 0 bridgehead atoms. The number of thioether (sulfide) groups is 1. The molecule has 0 atom stereocenters. The number of carbonyl (C=O) groups is 2. The lowest BCUT2D eigenvalue weighted by atomic mass is 10.2. The van der Waals surface area contributed by atoms with Crippen LogP contribution in [0.2, 0.25) is 5.02 Å². The lowest BCUT2D eigenvalue weighted by molar-refractivity contribution is -0.384. The second-order valence-corrected chi connectivity index (χ2v) is 8.04. The highest BCUT2D eigenvalue weighted by Gasteiger charge is 2.10. The third-order valence-corrected chi connectivity index (χ3v) is 5.70. The minimum atomic E-state index is -0.520. The molecule has 0 aliphatic carbocycles. The molecule has 7 nitrogen and oxygen atoms in total. The largest absolute Gasteiger partial charge is 0.325 e. The number of hydrogen-bond donors (Lipinski definition) is 2. The van der Waals surface area contributed by atoms with Crippen molar-refractivity contribution in [2.24, 2.45) is 0 Å². The van der Waals surface area contributed by atoms with Gasteiger partial charge in [-0.2, -0.15) is 0 Å². The molecule has 0 unspecified atom stereocenters. The number of aryl methyl sites for hydroxylation is 1. The SMILES string of the molecule is Cc1ccc(NC(=O)CSc2ccc(NC(=O)c3ccc([N+](=O)[O-])cc3)cc2)cc1Cl. The van der Waals surface area contributed by atoms with Gasteiger partial charge in [0, 0.05) is 39.0 Å². The van der Waals surface area contributed by atoms with Crippen LogP contribution in [-0.2, 0) is 4.79 Å². The smallest absolute Gasteiger partial charge is 0.269 e. The molecule has 3 aromatic carbocycles. The van der Waals surface area contributed by atoms with E-state index in [9.17, 15) is 19.7 Å². The Balaban J connectivity index is 1.51. The lowest BCUT2D eigenvalue weighted by Crippen LogP contribution is -2.14. The van der Waals surface area contributed by atoms with Crippen LogP contribution in [0.5, 0.6) is 0 Å². The fourth-order valence-corrected chi connectivity index (χ4v) is 3.47. The Morgan fingerprint density at radius 2 is 1.61 bits per heavy atom. The predicted octanol–water partition coefficient (Wildman–Crippen LogP) is 5.54. The van der Waals surface area contributed by atoms with Crippen LogP contribution in [0.3, 0.4) is 0 Å². The number of nitrogens with zero attached hydrogens (tertiary/aromatic N) is 1. The van der Waals surface area contributed by atoms with Crippen LogP contribution in [0.1, 0.15) is 15.9 Å². The van der Waals surface area contributed by atoms with Crippen LogP contribution in [-0.4, -0.2) is 22.5 Å². The van der Waals surface area contributed by atoms with E-state index in [1.807, 2.05) is 13.0 Å². The molecule has 3 aromatic rings. The molecular weight excluding hydrogens is 438 g/mol. The maximum absolute atomic E-state index is 12.3. The van der Waals surface area contributed by atoms with Crippen molar-refractivity contribution in [2.75, 3.05) is 16.4 Å². The average Bonchev–Trinajstić information content (AvgIpc) is 2.76. The topological polar surface area (TPSA) is 101 Å². The number of anilines is 2. The summed E-state index contributed by atoms with van der Waals surface area (Å²) in [6.45, 7) is 1.89. The van der Waals surface area contributed by atoms with E-state index < -0.39 is 4.92 Å². The van der Waals surface area contributed by atoms with Crippen molar-refractivity contribution in [1.29, 1.82) is 0 Å². The molecule has 2 amide bonds. The molecule has 0 heterocycles. The first kappa shape index (κ1) is 22.3. The summed E-state index contributed by atoms with van der Waals surface area (Å²) >= 11 is 7.43. The number of halogens is 1. The fraction of sp³-hybridized carbons (Fsp3) is 0.0909. The molecule has 0 aliphatic rings. The van der Waals surface area contributed by atoms with E-state index in [4.69, 9.17) is 11.6 Å². The van der Waals surface area contributed by atoms with Gasteiger partial charge in [-0.05, 0) is 61.0 Å². The van der Waals surface area contributed by atoms with Crippen molar-refractivity contribution in [3.05, 3.63) is 93.0 Å². The molecule has 0 spiro atoms. The Morgan fingerprint density at radius 1 is 0.968 bits per heavy atom. The number of carbonyl (C=O) groups excluding carboxylic acids is 2. The van der Waals surface area contributed by atoms with E-state index in [0.717, 1.165) is 10.5 Å². The number of nitro groups is 1. The van der Waals surface area contributed by atoms with E-state index in [1.54, 1.807) is 36.4 Å². The van der Waals surface area contributed by atoms with Crippen LogP contribution in [0.25, 0.3) is 0 Å². The molecule has 31 heavy (non-hydrogen) atoms. The number of benzene rings is 3. The monoisotopic (exact) mass is 455 g/mol. The van der Waals surface area contributed by atoms with Gasteiger partial charge in [0.2, 0.25) is 5.91 Å². The van der Waals surface area contributed by atoms with E-state index in [2.05, 4.69) is 10.6 Å². The summed E-state index contributed by atoms with van der Waals surface area (Å²) in [5, 5.41) is 16.8. The number of non-ortho nitro benzene ring substituents is 1. The van der Waals surface area contributed by atoms with Gasteiger partial charge < -0.3 is 10.6 Å². The minimum absolute atomic E-state index is 0.0764. The second kappa shape index (κ2) is 10.1. The predicted molar refractivity (Wildman–Crippen MR) is 123 cm³/mol. The Labute approximate surface area is 188 Å². The van der Waals surface area contributed by atoms with Crippen LogP contribution < -0.4 is 10.6 Å². The Morgan fingerprint density at radius 3 is 2.23 bits per heavy atom. The summed E-state index contributed by atoms with van der Waals surface area (Å²) in [5.74, 6) is -0.299. The van der Waals surface area contributed by atoms with Crippen LogP contribution in [0.15, 0.2) is 71.6 Å². The molecular formula is C22H18ClN3O4S. The highest BCUT2D eigenvalue weighted by atomic mass is 35.5. The molecule has 2 N–H and O–H groups in total. The zero-order valence-electron chi connectivity index (χ0n) is 16.4. The number of hydrogen-bond acceptors (Lipinski definition) is 5. The number of nitrogens with one attached hydrogen (secondary N) is 2. The van der Waals surface area contributed by atoms with Gasteiger partial charge in [0.05, 0.1) is 10.7 Å². The zero-order valence-corrected chi connectivity index (χ0v) is 18.0. The Bertz CT molecular complexity index is 1120. The quantitative estimate of drug-likeness (QED) is 0.276. The summed E-state index contributed by atoms with van der Waals surface area (Å²) in [6.07, 6.45) is 0. The van der Waals surface area contributed by atoms with E-state index in [0.29, 0.717) is 22.0 Å². The lowest BCUT2D eigenvalue weighted by Gasteiger charge is -2.08. The van der Waals surface area contributed by atoms with Gasteiger partial charge in [-0.1, -0.05) is 17.7 Å². The highest BCUT2D eigenvalue weighted by Crippen LogP contribution is 2.23. The van der Waals surface area contributed by atoms with Gasteiger partial charge in [0.25, 0.3) is 11.6 Å². The van der Waals surface area contributed by atoms with Crippen LogP contribution in [0.4, 0.5) is 17.1 Å². The van der Waals surface area contributed by atoms with Crippen molar-refractivity contribution in [3.63, 3.8) is 0 Å². The van der Waals surface area contributed by atoms with E-state index in [1.165, 1.54) is 36.0 Å². The molecule has 3 rings (SSSR count). The zero-order chi connectivity index (χ0) is 22.4. The average molecular weight is 456 g/mol. The van der Waals surface area contributed by atoms with Gasteiger partial charge in [0.1, 0.15) is 0 Å². The van der Waals surface area contributed by atoms with Gasteiger partial charge in [-0.3, -0.25) is 19.7 Å². The summed E-state index contributed by atoms with van der Waals surface area (Å²) < 4.78 is 0. The molecule has 0 fully saturated rings. The maximum atomic E-state index is 12.3. The minimum Gasteiger partial charge on any atom is -0.325 e. The first-order valence-electron chi connectivity index (χ1n) is 9.16. The third-order valence-electron chi connectivity index (χ3n) is 4.28. The summed E-state index contributed by atoms with van der Waals surface area (Å²) in [7, 11) is 0. The molecule has 0 saturated carbocycles. The maximum Gasteiger partial charge on any atom is 0.269 e. The molecule has 0 aromatic heterocycles. The van der Waals surface area contributed by atoms with Crippen molar-refractivity contribution < 1.29 is 14.5 Å².